The highest BCUT2D eigenvalue weighted by Crippen LogP contribution is 2.21. The third-order valence-corrected chi connectivity index (χ3v) is 4.93. The van der Waals surface area contributed by atoms with Gasteiger partial charge in [0, 0.05) is 26.1 Å². The van der Waals surface area contributed by atoms with Crippen molar-refractivity contribution in [1.82, 2.24) is 10.2 Å². The van der Waals surface area contributed by atoms with Gasteiger partial charge in [-0.05, 0) is 35.6 Å². The normalized spacial score (nSPS) is 16.2. The molecule has 1 saturated heterocycles. The molecule has 0 radical (unpaired) electrons. The van der Waals surface area contributed by atoms with E-state index in [0.717, 1.165) is 29.8 Å². The Hall–Kier alpha value is -2.82. The first-order valence-electron chi connectivity index (χ1n) is 9.35. The minimum Gasteiger partial charge on any atom is -0.497 e. The molecule has 1 aliphatic heterocycles. The van der Waals surface area contributed by atoms with Crippen LogP contribution in [0.3, 0.4) is 0 Å². The van der Waals surface area contributed by atoms with E-state index < -0.39 is 0 Å². The number of ether oxygens (including phenoxy) is 1. The van der Waals surface area contributed by atoms with Gasteiger partial charge in [0.05, 0.1) is 13.5 Å². The minimum atomic E-state index is 0.0472. The second-order valence-electron chi connectivity index (χ2n) is 6.99. The molecule has 2 aromatic carbocycles. The molecule has 0 aliphatic carbocycles. The Kier molecular flexibility index (Phi) is 6.47. The molecule has 0 aromatic heterocycles. The van der Waals surface area contributed by atoms with Gasteiger partial charge in [-0.2, -0.15) is 0 Å². The SMILES string of the molecule is COc1cccc(CC(=O)N2CCC(CC(=O)NCc3ccccc3)C2)c1. The predicted octanol–water partition coefficient (Wildman–Crippen LogP) is 2.79. The number of carbonyl (C=O) groups is 2. The molecule has 1 heterocycles. The number of methoxy groups -OCH3 is 1. The average molecular weight is 366 g/mol. The first kappa shape index (κ1) is 19.0. The highest BCUT2D eigenvalue weighted by molar-refractivity contribution is 5.80. The van der Waals surface area contributed by atoms with Crippen molar-refractivity contribution in [2.24, 2.45) is 5.92 Å². The van der Waals surface area contributed by atoms with Gasteiger partial charge in [0.1, 0.15) is 5.75 Å². The van der Waals surface area contributed by atoms with Gasteiger partial charge in [-0.1, -0.05) is 42.5 Å². The number of nitrogens with one attached hydrogen (secondary N) is 1. The smallest absolute Gasteiger partial charge is 0.227 e. The van der Waals surface area contributed by atoms with Crippen molar-refractivity contribution in [2.45, 2.75) is 25.8 Å². The van der Waals surface area contributed by atoms with E-state index in [2.05, 4.69) is 5.32 Å². The molecule has 5 nitrogen and oxygen atoms in total. The summed E-state index contributed by atoms with van der Waals surface area (Å²) in [5.74, 6) is 1.14. The van der Waals surface area contributed by atoms with E-state index in [-0.39, 0.29) is 17.7 Å². The van der Waals surface area contributed by atoms with Crippen LogP contribution in [0.1, 0.15) is 24.0 Å². The van der Waals surface area contributed by atoms with Crippen LogP contribution in [0.4, 0.5) is 0 Å². The van der Waals surface area contributed by atoms with Gasteiger partial charge in [-0.25, -0.2) is 0 Å². The van der Waals surface area contributed by atoms with Crippen molar-refractivity contribution < 1.29 is 14.3 Å². The molecule has 1 fully saturated rings. The van der Waals surface area contributed by atoms with Crippen LogP contribution in [0.5, 0.6) is 5.75 Å². The Morgan fingerprint density at radius 2 is 1.89 bits per heavy atom. The van der Waals surface area contributed by atoms with E-state index in [1.165, 1.54) is 0 Å². The summed E-state index contributed by atoms with van der Waals surface area (Å²) in [5, 5.41) is 2.97. The van der Waals surface area contributed by atoms with Crippen LogP contribution in [-0.4, -0.2) is 36.9 Å². The zero-order chi connectivity index (χ0) is 19.1. The van der Waals surface area contributed by atoms with Crippen LogP contribution in [0.15, 0.2) is 54.6 Å². The molecule has 1 N–H and O–H groups in total. The average Bonchev–Trinajstić information content (AvgIpc) is 3.16. The quantitative estimate of drug-likeness (QED) is 0.820. The Labute approximate surface area is 160 Å². The Balaban J connectivity index is 1.43. The summed E-state index contributed by atoms with van der Waals surface area (Å²) in [6.45, 7) is 1.92. The van der Waals surface area contributed by atoms with Gasteiger partial charge in [-0.15, -0.1) is 0 Å². The molecule has 0 bridgehead atoms. The van der Waals surface area contributed by atoms with E-state index in [9.17, 15) is 9.59 Å². The van der Waals surface area contributed by atoms with E-state index in [1.807, 2.05) is 59.5 Å². The van der Waals surface area contributed by atoms with Gasteiger partial charge in [0.2, 0.25) is 11.8 Å². The van der Waals surface area contributed by atoms with Gasteiger partial charge in [0.25, 0.3) is 0 Å². The summed E-state index contributed by atoms with van der Waals surface area (Å²) in [7, 11) is 1.62. The van der Waals surface area contributed by atoms with Crippen LogP contribution >= 0.6 is 0 Å². The number of likely N-dealkylation sites (tertiary alicyclic amines) is 1. The van der Waals surface area contributed by atoms with Crippen LogP contribution in [0.25, 0.3) is 0 Å². The lowest BCUT2D eigenvalue weighted by Crippen LogP contribution is -2.31. The molecular weight excluding hydrogens is 340 g/mol. The van der Waals surface area contributed by atoms with Crippen molar-refractivity contribution >= 4 is 11.8 Å². The fourth-order valence-electron chi connectivity index (χ4n) is 3.43. The van der Waals surface area contributed by atoms with Crippen LogP contribution in [-0.2, 0) is 22.6 Å². The van der Waals surface area contributed by atoms with Crippen molar-refractivity contribution in [1.29, 1.82) is 0 Å². The number of amides is 2. The zero-order valence-electron chi connectivity index (χ0n) is 15.7. The van der Waals surface area contributed by atoms with Crippen LogP contribution in [0.2, 0.25) is 0 Å². The Bertz CT molecular complexity index is 776. The Morgan fingerprint density at radius 1 is 1.11 bits per heavy atom. The maximum Gasteiger partial charge on any atom is 0.227 e. The first-order chi connectivity index (χ1) is 13.1. The lowest BCUT2D eigenvalue weighted by Gasteiger charge is -2.17. The number of nitrogens with zero attached hydrogens (tertiary/aromatic N) is 1. The predicted molar refractivity (Wildman–Crippen MR) is 104 cm³/mol. The van der Waals surface area contributed by atoms with E-state index in [4.69, 9.17) is 4.74 Å². The van der Waals surface area contributed by atoms with Crippen molar-refractivity contribution in [3.63, 3.8) is 0 Å². The Morgan fingerprint density at radius 3 is 2.67 bits per heavy atom. The van der Waals surface area contributed by atoms with Crippen molar-refractivity contribution in [3.8, 4) is 5.75 Å². The summed E-state index contributed by atoms with van der Waals surface area (Å²) in [5.41, 5.74) is 2.04. The molecule has 2 amide bonds. The molecule has 1 aliphatic rings. The maximum atomic E-state index is 12.5. The summed E-state index contributed by atoms with van der Waals surface area (Å²) in [6.07, 6.45) is 1.71. The fraction of sp³-hybridized carbons (Fsp3) is 0.364. The lowest BCUT2D eigenvalue weighted by molar-refractivity contribution is -0.130. The third kappa shape index (κ3) is 5.58. The zero-order valence-corrected chi connectivity index (χ0v) is 15.7. The molecule has 2 aromatic rings. The van der Waals surface area contributed by atoms with E-state index in [0.29, 0.717) is 25.9 Å². The molecule has 1 unspecified atom stereocenters. The monoisotopic (exact) mass is 366 g/mol. The van der Waals surface area contributed by atoms with E-state index >= 15 is 0 Å². The van der Waals surface area contributed by atoms with Gasteiger partial charge in [0.15, 0.2) is 0 Å². The summed E-state index contributed by atoms with van der Waals surface area (Å²) < 4.78 is 5.21. The maximum absolute atomic E-state index is 12.5. The van der Waals surface area contributed by atoms with Crippen molar-refractivity contribution in [3.05, 3.63) is 65.7 Å². The van der Waals surface area contributed by atoms with E-state index in [1.54, 1.807) is 7.11 Å². The molecule has 142 valence electrons. The highest BCUT2D eigenvalue weighted by atomic mass is 16.5. The fourth-order valence-corrected chi connectivity index (χ4v) is 3.43. The second-order valence-corrected chi connectivity index (χ2v) is 6.99. The minimum absolute atomic E-state index is 0.0472. The summed E-state index contributed by atoms with van der Waals surface area (Å²) in [4.78, 5) is 26.6. The molecule has 1 atom stereocenters. The second kappa shape index (κ2) is 9.21. The van der Waals surface area contributed by atoms with Crippen molar-refractivity contribution in [2.75, 3.05) is 20.2 Å². The molecule has 5 heteroatoms. The number of benzene rings is 2. The van der Waals surface area contributed by atoms with Crippen LogP contribution < -0.4 is 10.1 Å². The largest absolute Gasteiger partial charge is 0.497 e. The molecular formula is C22H26N2O3. The number of rotatable bonds is 7. The molecule has 3 rings (SSSR count). The van der Waals surface area contributed by atoms with Gasteiger partial charge < -0.3 is 15.0 Å². The summed E-state index contributed by atoms with van der Waals surface area (Å²) in [6, 6.07) is 17.5. The van der Waals surface area contributed by atoms with Gasteiger partial charge in [-0.3, -0.25) is 9.59 Å². The topological polar surface area (TPSA) is 58.6 Å². The first-order valence-corrected chi connectivity index (χ1v) is 9.35. The number of carbonyl (C=O) groups excluding carboxylic acids is 2. The standard InChI is InChI=1S/C22H26N2O3/c1-27-20-9-5-8-18(12-20)14-22(26)24-11-10-19(16-24)13-21(25)23-15-17-6-3-2-4-7-17/h2-9,12,19H,10-11,13-16H2,1H3,(H,23,25). The third-order valence-electron chi connectivity index (χ3n) is 4.93. The molecule has 0 spiro atoms. The number of hydrogen-bond donors (Lipinski definition) is 1. The molecule has 27 heavy (non-hydrogen) atoms. The summed E-state index contributed by atoms with van der Waals surface area (Å²) >= 11 is 0. The van der Waals surface area contributed by atoms with Crippen LogP contribution in [0, 0.1) is 5.92 Å². The van der Waals surface area contributed by atoms with Gasteiger partial charge >= 0.3 is 0 Å². The number of hydrogen-bond acceptors (Lipinski definition) is 3. The highest BCUT2D eigenvalue weighted by Gasteiger charge is 2.27. The lowest BCUT2D eigenvalue weighted by atomic mass is 10.0. The molecule has 0 saturated carbocycles.